The number of carbonyl (C=O) groups excluding carboxylic acids is 2. The molecule has 4 aromatic rings. The number of hydrogen-bond acceptors (Lipinski definition) is 4. The average molecular weight is 744 g/mol. The normalized spacial score (nSPS) is 12.0. The molecule has 2 amide bonds. The highest BCUT2D eigenvalue weighted by Gasteiger charge is 2.34. The molecule has 230 valence electrons. The summed E-state index contributed by atoms with van der Waals surface area (Å²) in [5.41, 5.74) is 1.84. The van der Waals surface area contributed by atoms with Crippen LogP contribution in [0, 0.1) is 9.49 Å². The lowest BCUT2D eigenvalue weighted by Crippen LogP contribution is -2.53. The molecule has 44 heavy (non-hydrogen) atoms. The Morgan fingerprint density at radius 2 is 1.43 bits per heavy atom. The largest absolute Gasteiger partial charge is 0.354 e. The van der Waals surface area contributed by atoms with Gasteiger partial charge in [-0.1, -0.05) is 92.2 Å². The first-order chi connectivity index (χ1) is 21.1. The van der Waals surface area contributed by atoms with Crippen LogP contribution in [-0.2, 0) is 32.6 Å². The van der Waals surface area contributed by atoms with Crippen LogP contribution in [0.4, 0.5) is 5.69 Å². The SMILES string of the molecule is CC(C)CNC(=O)C(Cc1ccccc1)N(Cc1ccccc1Cl)C(=O)CN(c1ccc(I)cc1)S(=O)(=O)c1ccccc1. The van der Waals surface area contributed by atoms with Gasteiger partial charge in [-0.25, -0.2) is 8.42 Å². The quantitative estimate of drug-likeness (QED) is 0.158. The van der Waals surface area contributed by atoms with E-state index in [1.807, 2.05) is 50.2 Å². The third-order valence-electron chi connectivity index (χ3n) is 6.98. The Morgan fingerprint density at radius 1 is 0.841 bits per heavy atom. The number of sulfonamides is 1. The van der Waals surface area contributed by atoms with E-state index >= 15 is 0 Å². The maximum Gasteiger partial charge on any atom is 0.264 e. The Kier molecular flexibility index (Phi) is 11.8. The Balaban J connectivity index is 1.79. The highest BCUT2D eigenvalue weighted by molar-refractivity contribution is 14.1. The van der Waals surface area contributed by atoms with Crippen LogP contribution in [0.3, 0.4) is 0 Å². The number of amides is 2. The predicted molar refractivity (Wildman–Crippen MR) is 184 cm³/mol. The zero-order chi connectivity index (χ0) is 31.7. The number of nitrogens with one attached hydrogen (secondary N) is 1. The molecule has 4 rings (SSSR count). The summed E-state index contributed by atoms with van der Waals surface area (Å²) in [7, 11) is -4.15. The van der Waals surface area contributed by atoms with Crippen molar-refractivity contribution < 1.29 is 18.0 Å². The molecule has 0 aliphatic carbocycles. The molecular formula is C34H35ClIN3O4S. The monoisotopic (exact) mass is 743 g/mol. The molecule has 1 unspecified atom stereocenters. The molecule has 7 nitrogen and oxygen atoms in total. The number of halogens is 2. The lowest BCUT2D eigenvalue weighted by atomic mass is 10.0. The van der Waals surface area contributed by atoms with E-state index in [1.54, 1.807) is 60.7 Å². The second kappa shape index (κ2) is 15.5. The number of rotatable bonds is 13. The summed E-state index contributed by atoms with van der Waals surface area (Å²) in [6, 6.07) is 30.6. The summed E-state index contributed by atoms with van der Waals surface area (Å²) >= 11 is 8.69. The molecular weight excluding hydrogens is 709 g/mol. The molecule has 10 heteroatoms. The van der Waals surface area contributed by atoms with Gasteiger partial charge < -0.3 is 10.2 Å². The Labute approximate surface area is 278 Å². The van der Waals surface area contributed by atoms with Gasteiger partial charge in [0.05, 0.1) is 10.6 Å². The standard InChI is InChI=1S/C34H35ClIN3O4S/c1-25(2)22-37-34(41)32(21-26-11-5-3-6-12-26)38(23-27-13-9-10-16-31(27)35)33(40)24-39(29-19-17-28(36)18-20-29)44(42,43)30-14-7-4-8-15-30/h3-20,25,32H,21-24H2,1-2H3,(H,37,41). The molecule has 0 radical (unpaired) electrons. The topological polar surface area (TPSA) is 86.8 Å². The van der Waals surface area contributed by atoms with Crippen molar-refractivity contribution in [1.82, 2.24) is 10.2 Å². The Hall–Kier alpha value is -3.41. The fourth-order valence-electron chi connectivity index (χ4n) is 4.64. The third kappa shape index (κ3) is 8.83. The number of hydrogen-bond donors (Lipinski definition) is 1. The smallest absolute Gasteiger partial charge is 0.264 e. The van der Waals surface area contributed by atoms with Crippen LogP contribution in [-0.4, -0.2) is 44.3 Å². The number of anilines is 1. The molecule has 0 aromatic heterocycles. The van der Waals surface area contributed by atoms with Crippen molar-refractivity contribution in [2.75, 3.05) is 17.4 Å². The van der Waals surface area contributed by atoms with Gasteiger partial charge in [-0.3, -0.25) is 13.9 Å². The predicted octanol–water partition coefficient (Wildman–Crippen LogP) is 6.55. The van der Waals surface area contributed by atoms with E-state index < -0.39 is 28.5 Å². The number of benzene rings is 4. The molecule has 0 fully saturated rings. The molecule has 0 bridgehead atoms. The zero-order valence-electron chi connectivity index (χ0n) is 24.6. The minimum Gasteiger partial charge on any atom is -0.354 e. The van der Waals surface area contributed by atoms with E-state index in [2.05, 4.69) is 27.9 Å². The summed E-state index contributed by atoms with van der Waals surface area (Å²) in [4.78, 5) is 29.8. The van der Waals surface area contributed by atoms with Crippen molar-refractivity contribution in [2.24, 2.45) is 5.92 Å². The summed E-state index contributed by atoms with van der Waals surface area (Å²) in [5, 5.41) is 3.43. The van der Waals surface area contributed by atoms with Gasteiger partial charge in [-0.05, 0) is 82.1 Å². The van der Waals surface area contributed by atoms with Crippen molar-refractivity contribution in [3.63, 3.8) is 0 Å². The van der Waals surface area contributed by atoms with E-state index in [4.69, 9.17) is 11.6 Å². The van der Waals surface area contributed by atoms with E-state index in [-0.39, 0.29) is 29.7 Å². The highest BCUT2D eigenvalue weighted by Crippen LogP contribution is 2.26. The van der Waals surface area contributed by atoms with Crippen LogP contribution in [0.5, 0.6) is 0 Å². The van der Waals surface area contributed by atoms with Crippen molar-refractivity contribution in [2.45, 2.75) is 37.8 Å². The van der Waals surface area contributed by atoms with E-state index in [0.29, 0.717) is 22.8 Å². The number of nitrogens with zero attached hydrogens (tertiary/aromatic N) is 2. The maximum atomic E-state index is 14.5. The van der Waals surface area contributed by atoms with Crippen molar-refractivity contribution in [3.05, 3.63) is 129 Å². The fraction of sp³-hybridized carbons (Fsp3) is 0.235. The fourth-order valence-corrected chi connectivity index (χ4v) is 6.63. The van der Waals surface area contributed by atoms with Gasteiger partial charge in [0.15, 0.2) is 0 Å². The summed E-state index contributed by atoms with van der Waals surface area (Å²) in [6.45, 7) is 3.90. The second-order valence-electron chi connectivity index (χ2n) is 10.8. The Bertz CT molecular complexity index is 1650. The molecule has 0 heterocycles. The van der Waals surface area contributed by atoms with Crippen LogP contribution < -0.4 is 9.62 Å². The maximum absolute atomic E-state index is 14.5. The lowest BCUT2D eigenvalue weighted by Gasteiger charge is -2.34. The highest BCUT2D eigenvalue weighted by atomic mass is 127. The first-order valence-corrected chi connectivity index (χ1v) is 17.1. The van der Waals surface area contributed by atoms with Gasteiger partial charge in [-0.15, -0.1) is 0 Å². The van der Waals surface area contributed by atoms with E-state index in [1.165, 1.54) is 17.0 Å². The summed E-state index contributed by atoms with van der Waals surface area (Å²) in [6.07, 6.45) is 0.232. The van der Waals surface area contributed by atoms with Crippen LogP contribution in [0.25, 0.3) is 0 Å². The van der Waals surface area contributed by atoms with Gasteiger partial charge in [0.1, 0.15) is 12.6 Å². The van der Waals surface area contributed by atoms with Crippen LogP contribution >= 0.6 is 34.2 Å². The summed E-state index contributed by atoms with van der Waals surface area (Å²) < 4.78 is 30.0. The Morgan fingerprint density at radius 3 is 2.05 bits per heavy atom. The molecule has 0 saturated heterocycles. The van der Waals surface area contributed by atoms with Crippen LogP contribution in [0.2, 0.25) is 5.02 Å². The van der Waals surface area contributed by atoms with Gasteiger partial charge in [0, 0.05) is 28.1 Å². The van der Waals surface area contributed by atoms with E-state index in [0.717, 1.165) is 13.4 Å². The molecule has 4 aromatic carbocycles. The zero-order valence-corrected chi connectivity index (χ0v) is 28.3. The minimum absolute atomic E-state index is 0.0109. The van der Waals surface area contributed by atoms with Crippen molar-refractivity contribution in [1.29, 1.82) is 0 Å². The molecule has 1 atom stereocenters. The van der Waals surface area contributed by atoms with Gasteiger partial charge in [-0.2, -0.15) is 0 Å². The first kappa shape index (κ1) is 33.5. The molecule has 0 saturated carbocycles. The average Bonchev–Trinajstić information content (AvgIpc) is 3.02. The third-order valence-corrected chi connectivity index (χ3v) is 9.85. The molecule has 0 aliphatic rings. The van der Waals surface area contributed by atoms with Gasteiger partial charge in [0.2, 0.25) is 11.8 Å². The number of carbonyl (C=O) groups is 2. The van der Waals surface area contributed by atoms with Crippen LogP contribution in [0.1, 0.15) is 25.0 Å². The molecule has 0 spiro atoms. The molecule has 1 N–H and O–H groups in total. The first-order valence-electron chi connectivity index (χ1n) is 14.2. The van der Waals surface area contributed by atoms with Crippen LogP contribution in [0.15, 0.2) is 114 Å². The lowest BCUT2D eigenvalue weighted by molar-refractivity contribution is -0.140. The van der Waals surface area contributed by atoms with Crippen molar-refractivity contribution in [3.8, 4) is 0 Å². The van der Waals surface area contributed by atoms with Crippen molar-refractivity contribution >= 4 is 61.7 Å². The van der Waals surface area contributed by atoms with Gasteiger partial charge >= 0.3 is 0 Å². The molecule has 0 aliphatic heterocycles. The second-order valence-corrected chi connectivity index (χ2v) is 14.3. The summed E-state index contributed by atoms with van der Waals surface area (Å²) in [5.74, 6) is -0.672. The van der Waals surface area contributed by atoms with Gasteiger partial charge in [0.25, 0.3) is 10.0 Å². The van der Waals surface area contributed by atoms with E-state index in [9.17, 15) is 18.0 Å². The minimum atomic E-state index is -4.15.